The zero-order chi connectivity index (χ0) is 19.6. The van der Waals surface area contributed by atoms with Gasteiger partial charge in [0.2, 0.25) is 0 Å². The number of aromatic nitrogens is 3. The fourth-order valence-electron chi connectivity index (χ4n) is 2.24. The van der Waals surface area contributed by atoms with Crippen molar-refractivity contribution in [1.29, 1.82) is 0 Å². The average Bonchev–Trinajstić information content (AvgIpc) is 3.10. The molecule has 3 rings (SSSR count). The van der Waals surface area contributed by atoms with Crippen LogP contribution in [0.1, 0.15) is 10.4 Å². The number of hydrogen-bond donors (Lipinski definition) is 1. The van der Waals surface area contributed by atoms with E-state index in [0.717, 1.165) is 12.1 Å². The van der Waals surface area contributed by atoms with Crippen LogP contribution in [0.4, 0.5) is 24.8 Å². The molecule has 2 aromatic carbocycles. The number of anilines is 2. The monoisotopic (exact) mass is 377 g/mol. The molecule has 0 aliphatic heterocycles. The Morgan fingerprint density at radius 2 is 1.74 bits per heavy atom. The fraction of sp³-hybridized carbons (Fsp3) is 0.118. The number of hydrogen-bond acceptors (Lipinski definition) is 5. The van der Waals surface area contributed by atoms with Crippen LogP contribution in [-0.4, -0.2) is 34.1 Å². The fourth-order valence-corrected chi connectivity index (χ4v) is 2.24. The molecule has 0 spiro atoms. The number of halogens is 3. The van der Waals surface area contributed by atoms with Gasteiger partial charge in [-0.2, -0.15) is 4.98 Å². The zero-order valence-corrected chi connectivity index (χ0v) is 14.0. The van der Waals surface area contributed by atoms with E-state index in [-0.39, 0.29) is 17.6 Å². The Bertz CT molecular complexity index is 936. The summed E-state index contributed by atoms with van der Waals surface area (Å²) in [7, 11) is 1.51. The number of ether oxygens (including phenoxy) is 1. The number of benzene rings is 2. The predicted octanol–water partition coefficient (Wildman–Crippen LogP) is 3.02. The second-order valence-corrected chi connectivity index (χ2v) is 5.52. The minimum atomic E-state index is -4.76. The van der Waals surface area contributed by atoms with Crippen molar-refractivity contribution in [3.05, 3.63) is 60.4 Å². The van der Waals surface area contributed by atoms with Gasteiger partial charge in [-0.25, -0.2) is 4.68 Å². The first-order valence-electron chi connectivity index (χ1n) is 7.64. The molecule has 140 valence electrons. The van der Waals surface area contributed by atoms with Crippen molar-refractivity contribution in [2.24, 2.45) is 0 Å². The third-order valence-corrected chi connectivity index (χ3v) is 3.58. The maximum absolute atomic E-state index is 12.5. The molecule has 27 heavy (non-hydrogen) atoms. The van der Waals surface area contributed by atoms with E-state index < -0.39 is 6.36 Å². The van der Waals surface area contributed by atoms with Crippen LogP contribution in [0.2, 0.25) is 0 Å². The second kappa shape index (κ2) is 6.98. The Morgan fingerprint density at radius 1 is 1.11 bits per heavy atom. The number of rotatable bonds is 4. The lowest BCUT2D eigenvalue weighted by molar-refractivity contribution is -0.274. The van der Waals surface area contributed by atoms with Crippen LogP contribution in [0.15, 0.2) is 54.9 Å². The number of nitrogens with two attached hydrogens (primary N) is 1. The topological polar surface area (TPSA) is 86.3 Å². The standard InChI is InChI=1S/C17H14F3N5O2/c1-24(15(26)11-2-4-12(21)5-3-11)16-22-10-25(23-16)13-6-8-14(9-7-13)27-17(18,19)20/h2-10H,21H2,1H3. The van der Waals surface area contributed by atoms with Crippen molar-refractivity contribution in [1.82, 2.24) is 14.8 Å². The molecular weight excluding hydrogens is 363 g/mol. The van der Waals surface area contributed by atoms with Crippen LogP contribution in [0.3, 0.4) is 0 Å². The van der Waals surface area contributed by atoms with Gasteiger partial charge in [-0.15, -0.1) is 18.3 Å². The van der Waals surface area contributed by atoms with Gasteiger partial charge in [-0.1, -0.05) is 0 Å². The van der Waals surface area contributed by atoms with E-state index in [2.05, 4.69) is 14.8 Å². The lowest BCUT2D eigenvalue weighted by Crippen LogP contribution is -2.27. The summed E-state index contributed by atoms with van der Waals surface area (Å²) in [4.78, 5) is 17.8. The van der Waals surface area contributed by atoms with Crippen LogP contribution in [0.25, 0.3) is 5.69 Å². The predicted molar refractivity (Wildman–Crippen MR) is 91.6 cm³/mol. The molecular formula is C17H14F3N5O2. The van der Waals surface area contributed by atoms with Gasteiger partial charge in [0.25, 0.3) is 11.9 Å². The molecule has 7 nitrogen and oxygen atoms in total. The van der Waals surface area contributed by atoms with Crippen molar-refractivity contribution in [3.63, 3.8) is 0 Å². The van der Waals surface area contributed by atoms with E-state index >= 15 is 0 Å². The third kappa shape index (κ3) is 4.35. The molecule has 0 bridgehead atoms. The molecule has 0 aliphatic carbocycles. The Morgan fingerprint density at radius 3 is 2.33 bits per heavy atom. The second-order valence-electron chi connectivity index (χ2n) is 5.52. The minimum absolute atomic E-state index is 0.132. The first-order valence-corrected chi connectivity index (χ1v) is 7.64. The van der Waals surface area contributed by atoms with Crippen LogP contribution in [0, 0.1) is 0 Å². The normalized spacial score (nSPS) is 11.3. The van der Waals surface area contributed by atoms with E-state index in [1.165, 1.54) is 35.1 Å². The van der Waals surface area contributed by atoms with Crippen molar-refractivity contribution < 1.29 is 22.7 Å². The number of carbonyl (C=O) groups is 1. The Hall–Kier alpha value is -3.56. The molecule has 0 radical (unpaired) electrons. The largest absolute Gasteiger partial charge is 0.573 e. The van der Waals surface area contributed by atoms with Gasteiger partial charge in [-0.3, -0.25) is 9.69 Å². The maximum Gasteiger partial charge on any atom is 0.573 e. The smallest absolute Gasteiger partial charge is 0.406 e. The lowest BCUT2D eigenvalue weighted by atomic mass is 10.2. The van der Waals surface area contributed by atoms with Gasteiger partial charge in [0.05, 0.1) is 5.69 Å². The van der Waals surface area contributed by atoms with E-state index in [9.17, 15) is 18.0 Å². The SMILES string of the molecule is CN(C(=O)c1ccc(N)cc1)c1ncn(-c2ccc(OC(F)(F)F)cc2)n1. The van der Waals surface area contributed by atoms with Gasteiger partial charge >= 0.3 is 6.36 Å². The highest BCUT2D eigenvalue weighted by Gasteiger charge is 2.31. The highest BCUT2D eigenvalue weighted by molar-refractivity contribution is 6.04. The van der Waals surface area contributed by atoms with E-state index in [1.807, 2.05) is 0 Å². The van der Waals surface area contributed by atoms with E-state index in [0.29, 0.717) is 16.9 Å². The first kappa shape index (κ1) is 18.2. The number of nitrogens with zero attached hydrogens (tertiary/aromatic N) is 4. The quantitative estimate of drug-likeness (QED) is 0.707. The van der Waals surface area contributed by atoms with Gasteiger partial charge in [0, 0.05) is 18.3 Å². The molecule has 0 aliphatic rings. The minimum Gasteiger partial charge on any atom is -0.406 e. The third-order valence-electron chi connectivity index (χ3n) is 3.58. The summed E-state index contributed by atoms with van der Waals surface area (Å²) in [5.41, 5.74) is 7.01. The molecule has 0 unspecified atom stereocenters. The van der Waals surface area contributed by atoms with Gasteiger partial charge in [-0.05, 0) is 48.5 Å². The molecule has 10 heteroatoms. The number of nitrogen functional groups attached to an aromatic ring is 1. The van der Waals surface area contributed by atoms with Crippen molar-refractivity contribution in [3.8, 4) is 11.4 Å². The van der Waals surface area contributed by atoms with Gasteiger partial charge in [0.1, 0.15) is 12.1 Å². The summed E-state index contributed by atoms with van der Waals surface area (Å²) in [6, 6.07) is 11.5. The Balaban J connectivity index is 1.76. The molecule has 0 saturated heterocycles. The van der Waals surface area contributed by atoms with Crippen LogP contribution < -0.4 is 15.4 Å². The summed E-state index contributed by atoms with van der Waals surface area (Å²) in [6.07, 6.45) is -3.41. The lowest BCUT2D eigenvalue weighted by Gasteiger charge is -2.13. The number of alkyl halides is 3. The first-order chi connectivity index (χ1) is 12.7. The average molecular weight is 377 g/mol. The Kier molecular flexibility index (Phi) is 4.72. The zero-order valence-electron chi connectivity index (χ0n) is 14.0. The van der Waals surface area contributed by atoms with Gasteiger partial charge in [0.15, 0.2) is 0 Å². The molecule has 1 heterocycles. The van der Waals surface area contributed by atoms with Crippen molar-refractivity contribution in [2.45, 2.75) is 6.36 Å². The summed E-state index contributed by atoms with van der Waals surface area (Å²) in [5.74, 6) is -0.545. The summed E-state index contributed by atoms with van der Waals surface area (Å²) < 4.78 is 41.8. The highest BCUT2D eigenvalue weighted by Crippen LogP contribution is 2.23. The van der Waals surface area contributed by atoms with Gasteiger partial charge < -0.3 is 10.5 Å². The van der Waals surface area contributed by atoms with E-state index in [1.54, 1.807) is 24.3 Å². The molecule has 0 fully saturated rings. The molecule has 1 amide bonds. The van der Waals surface area contributed by atoms with Crippen LogP contribution in [-0.2, 0) is 0 Å². The van der Waals surface area contributed by atoms with Crippen molar-refractivity contribution >= 4 is 17.5 Å². The van der Waals surface area contributed by atoms with Crippen LogP contribution >= 0.6 is 0 Å². The molecule has 0 atom stereocenters. The number of carbonyl (C=O) groups excluding carboxylic acids is 1. The molecule has 0 saturated carbocycles. The molecule has 1 aromatic heterocycles. The van der Waals surface area contributed by atoms with Crippen molar-refractivity contribution in [2.75, 3.05) is 17.7 Å². The number of amides is 1. The summed E-state index contributed by atoms with van der Waals surface area (Å²) >= 11 is 0. The Labute approximate surface area is 151 Å². The molecule has 3 aromatic rings. The summed E-state index contributed by atoms with van der Waals surface area (Å²) in [6.45, 7) is 0. The highest BCUT2D eigenvalue weighted by atomic mass is 19.4. The molecule has 2 N–H and O–H groups in total. The van der Waals surface area contributed by atoms with Crippen LogP contribution in [0.5, 0.6) is 5.75 Å². The maximum atomic E-state index is 12.5. The van der Waals surface area contributed by atoms with E-state index in [4.69, 9.17) is 5.73 Å². The summed E-state index contributed by atoms with van der Waals surface area (Å²) in [5, 5.41) is 4.17.